The molecule has 0 saturated heterocycles. The molecule has 0 fully saturated rings. The molecular formula is C8H15NO3. The molecule has 0 bridgehead atoms. The fraction of sp³-hybridized carbons (Fsp3) is 0.625. The van der Waals surface area contributed by atoms with Gasteiger partial charge in [0.25, 0.3) is 0 Å². The third-order valence-corrected chi connectivity index (χ3v) is 1.20. The Balaban J connectivity index is 3.69. The third-order valence-electron chi connectivity index (χ3n) is 1.20. The highest BCUT2D eigenvalue weighted by molar-refractivity contribution is 5.77. The maximum atomic E-state index is 10.9. The molecule has 0 amide bonds. The molecule has 0 saturated carbocycles. The molecule has 0 aromatic heterocycles. The Morgan fingerprint density at radius 2 is 2.42 bits per heavy atom. The Labute approximate surface area is 72.0 Å². The van der Waals surface area contributed by atoms with Crippen LogP contribution in [0.15, 0.2) is 12.2 Å². The van der Waals surface area contributed by atoms with E-state index in [4.69, 9.17) is 10.8 Å². The first-order chi connectivity index (χ1) is 5.72. The lowest BCUT2D eigenvalue weighted by molar-refractivity contribution is -0.143. The lowest BCUT2D eigenvalue weighted by Crippen LogP contribution is -2.30. The van der Waals surface area contributed by atoms with Gasteiger partial charge in [-0.15, -0.1) is 0 Å². The van der Waals surface area contributed by atoms with Crippen molar-refractivity contribution in [2.45, 2.75) is 19.4 Å². The van der Waals surface area contributed by atoms with Crippen molar-refractivity contribution in [3.05, 3.63) is 12.2 Å². The van der Waals surface area contributed by atoms with Crippen LogP contribution in [0.4, 0.5) is 0 Å². The van der Waals surface area contributed by atoms with Crippen molar-refractivity contribution >= 4 is 5.97 Å². The number of aliphatic hydroxyl groups excluding tert-OH is 1. The van der Waals surface area contributed by atoms with Gasteiger partial charge in [-0.2, -0.15) is 0 Å². The molecule has 3 N–H and O–H groups in total. The van der Waals surface area contributed by atoms with Crippen molar-refractivity contribution < 1.29 is 14.6 Å². The number of hydrogen-bond donors (Lipinski definition) is 2. The number of ether oxygens (including phenoxy) is 1. The Morgan fingerprint density at radius 3 is 2.92 bits per heavy atom. The third kappa shape index (κ3) is 4.87. The van der Waals surface area contributed by atoms with Gasteiger partial charge in [0.05, 0.1) is 6.61 Å². The summed E-state index contributed by atoms with van der Waals surface area (Å²) in [5, 5.41) is 8.41. The van der Waals surface area contributed by atoms with Gasteiger partial charge in [-0.3, -0.25) is 4.79 Å². The van der Waals surface area contributed by atoms with Crippen LogP contribution in [0.2, 0.25) is 0 Å². The zero-order valence-corrected chi connectivity index (χ0v) is 7.19. The Morgan fingerprint density at radius 1 is 1.75 bits per heavy atom. The molecule has 0 aliphatic heterocycles. The molecule has 0 heterocycles. The average Bonchev–Trinajstić information content (AvgIpc) is 2.05. The lowest BCUT2D eigenvalue weighted by Gasteiger charge is -2.04. The van der Waals surface area contributed by atoms with Gasteiger partial charge in [0.2, 0.25) is 0 Å². The SMILES string of the molecule is CCOC(=O)[C@H](N)/C=C/CCO. The molecule has 0 unspecified atom stereocenters. The van der Waals surface area contributed by atoms with Gasteiger partial charge in [-0.05, 0) is 13.3 Å². The number of aliphatic hydroxyl groups is 1. The summed E-state index contributed by atoms with van der Waals surface area (Å²) in [6, 6.07) is -0.712. The molecule has 70 valence electrons. The summed E-state index contributed by atoms with van der Waals surface area (Å²) in [4.78, 5) is 10.9. The molecule has 0 radical (unpaired) electrons. The number of rotatable bonds is 5. The number of nitrogens with two attached hydrogens (primary N) is 1. The van der Waals surface area contributed by atoms with Gasteiger partial charge in [0, 0.05) is 6.61 Å². The second-order valence-electron chi connectivity index (χ2n) is 2.22. The highest BCUT2D eigenvalue weighted by Crippen LogP contribution is 1.89. The molecule has 12 heavy (non-hydrogen) atoms. The number of carbonyl (C=O) groups excluding carboxylic acids is 1. The van der Waals surface area contributed by atoms with Crippen LogP contribution in [-0.2, 0) is 9.53 Å². The minimum atomic E-state index is -0.712. The summed E-state index contributed by atoms with van der Waals surface area (Å²) in [7, 11) is 0. The van der Waals surface area contributed by atoms with Gasteiger partial charge in [0.1, 0.15) is 6.04 Å². The van der Waals surface area contributed by atoms with E-state index >= 15 is 0 Å². The molecule has 0 aliphatic carbocycles. The van der Waals surface area contributed by atoms with E-state index in [-0.39, 0.29) is 6.61 Å². The monoisotopic (exact) mass is 173 g/mol. The van der Waals surface area contributed by atoms with E-state index in [1.54, 1.807) is 13.0 Å². The smallest absolute Gasteiger partial charge is 0.326 e. The van der Waals surface area contributed by atoms with Crippen molar-refractivity contribution in [2.24, 2.45) is 5.73 Å². The van der Waals surface area contributed by atoms with Crippen LogP contribution in [0.25, 0.3) is 0 Å². The summed E-state index contributed by atoms with van der Waals surface area (Å²) in [5.74, 6) is -0.438. The molecule has 4 nitrogen and oxygen atoms in total. The topological polar surface area (TPSA) is 72.5 Å². The maximum absolute atomic E-state index is 10.9. The van der Waals surface area contributed by atoms with E-state index in [1.165, 1.54) is 6.08 Å². The second kappa shape index (κ2) is 6.82. The Hall–Kier alpha value is -0.870. The van der Waals surface area contributed by atoms with Gasteiger partial charge >= 0.3 is 5.97 Å². The van der Waals surface area contributed by atoms with Crippen LogP contribution in [0.3, 0.4) is 0 Å². The minimum Gasteiger partial charge on any atom is -0.465 e. The van der Waals surface area contributed by atoms with Crippen LogP contribution >= 0.6 is 0 Å². The van der Waals surface area contributed by atoms with E-state index in [0.29, 0.717) is 13.0 Å². The quantitative estimate of drug-likeness (QED) is 0.446. The van der Waals surface area contributed by atoms with Crippen molar-refractivity contribution in [1.29, 1.82) is 0 Å². The lowest BCUT2D eigenvalue weighted by atomic mass is 10.2. The number of esters is 1. The first-order valence-corrected chi connectivity index (χ1v) is 3.92. The summed E-state index contributed by atoms with van der Waals surface area (Å²) in [6.07, 6.45) is 3.68. The molecule has 0 aromatic rings. The number of carbonyl (C=O) groups is 1. The molecule has 4 heteroatoms. The second-order valence-corrected chi connectivity index (χ2v) is 2.22. The highest BCUT2D eigenvalue weighted by atomic mass is 16.5. The summed E-state index contributed by atoms with van der Waals surface area (Å²) in [6.45, 7) is 2.12. The fourth-order valence-corrected chi connectivity index (χ4v) is 0.634. The van der Waals surface area contributed by atoms with E-state index < -0.39 is 12.0 Å². The highest BCUT2D eigenvalue weighted by Gasteiger charge is 2.09. The maximum Gasteiger partial charge on any atom is 0.326 e. The molecule has 1 atom stereocenters. The first-order valence-electron chi connectivity index (χ1n) is 3.92. The van der Waals surface area contributed by atoms with Gasteiger partial charge in [-0.25, -0.2) is 0 Å². The van der Waals surface area contributed by atoms with Gasteiger partial charge in [-0.1, -0.05) is 12.2 Å². The predicted molar refractivity (Wildman–Crippen MR) is 45.5 cm³/mol. The molecule has 0 aromatic carbocycles. The van der Waals surface area contributed by atoms with Crippen molar-refractivity contribution in [2.75, 3.05) is 13.2 Å². The van der Waals surface area contributed by atoms with Crippen molar-refractivity contribution in [1.82, 2.24) is 0 Å². The first kappa shape index (κ1) is 11.1. The molecule has 0 rings (SSSR count). The Kier molecular flexibility index (Phi) is 6.32. The normalized spacial score (nSPS) is 13.2. The zero-order valence-electron chi connectivity index (χ0n) is 7.19. The van der Waals surface area contributed by atoms with E-state index in [1.807, 2.05) is 0 Å². The molecule has 0 spiro atoms. The van der Waals surface area contributed by atoms with Crippen LogP contribution in [0.5, 0.6) is 0 Å². The predicted octanol–water partition coefficient (Wildman–Crippen LogP) is -0.185. The largest absolute Gasteiger partial charge is 0.465 e. The molecule has 0 aliphatic rings. The molecular weight excluding hydrogens is 158 g/mol. The fourth-order valence-electron chi connectivity index (χ4n) is 0.634. The summed E-state index contributed by atoms with van der Waals surface area (Å²) >= 11 is 0. The zero-order chi connectivity index (χ0) is 9.40. The van der Waals surface area contributed by atoms with Crippen LogP contribution in [0.1, 0.15) is 13.3 Å². The van der Waals surface area contributed by atoms with Gasteiger partial charge in [0.15, 0.2) is 0 Å². The van der Waals surface area contributed by atoms with E-state index in [2.05, 4.69) is 4.74 Å². The van der Waals surface area contributed by atoms with Crippen molar-refractivity contribution in [3.8, 4) is 0 Å². The summed E-state index contributed by atoms with van der Waals surface area (Å²) in [5.41, 5.74) is 5.40. The number of hydrogen-bond acceptors (Lipinski definition) is 4. The standard InChI is InChI=1S/C8H15NO3/c1-2-12-8(11)7(9)5-3-4-6-10/h3,5,7,10H,2,4,6,9H2,1H3/b5-3+/t7-/m1/s1. The Bertz CT molecular complexity index is 156. The van der Waals surface area contributed by atoms with Crippen molar-refractivity contribution in [3.63, 3.8) is 0 Å². The average molecular weight is 173 g/mol. The van der Waals surface area contributed by atoms with E-state index in [0.717, 1.165) is 0 Å². The van der Waals surface area contributed by atoms with Crippen LogP contribution < -0.4 is 5.73 Å². The minimum absolute atomic E-state index is 0.0616. The van der Waals surface area contributed by atoms with Gasteiger partial charge < -0.3 is 15.6 Å². The van der Waals surface area contributed by atoms with Crippen LogP contribution in [0, 0.1) is 0 Å². The van der Waals surface area contributed by atoms with E-state index in [9.17, 15) is 4.79 Å². The summed E-state index contributed by atoms with van der Waals surface area (Å²) < 4.78 is 4.66. The van der Waals surface area contributed by atoms with Crippen LogP contribution in [-0.4, -0.2) is 30.3 Å².